The van der Waals surface area contributed by atoms with Crippen molar-refractivity contribution in [2.24, 2.45) is 0 Å². The maximum atomic E-state index is 11.8. The molecule has 5 nitrogen and oxygen atoms in total. The predicted molar refractivity (Wildman–Crippen MR) is 80.0 cm³/mol. The highest BCUT2D eigenvalue weighted by Crippen LogP contribution is 2.22. The standard InChI is InChI=1S/C16H15N3O2/c1-3-21-16(20)14-10(2)18-15(19-14)12-6-7-13-11(9-12)5-4-8-17-13/h4-9H,3H2,1-2H3,(H,18,19). The third-order valence-corrected chi connectivity index (χ3v) is 3.23. The summed E-state index contributed by atoms with van der Waals surface area (Å²) in [6, 6.07) is 9.75. The topological polar surface area (TPSA) is 67.9 Å². The lowest BCUT2D eigenvalue weighted by Gasteiger charge is -2.00. The summed E-state index contributed by atoms with van der Waals surface area (Å²) in [6.07, 6.45) is 1.76. The second-order valence-corrected chi connectivity index (χ2v) is 4.69. The minimum atomic E-state index is -0.403. The third kappa shape index (κ3) is 2.50. The number of fused-ring (bicyclic) bond motifs is 1. The van der Waals surface area contributed by atoms with E-state index < -0.39 is 5.97 Å². The van der Waals surface area contributed by atoms with Gasteiger partial charge in [0.05, 0.1) is 12.1 Å². The van der Waals surface area contributed by atoms with Crippen LogP contribution in [0, 0.1) is 6.92 Å². The molecule has 1 aromatic carbocycles. The molecule has 0 aliphatic rings. The normalized spacial score (nSPS) is 10.8. The highest BCUT2D eigenvalue weighted by molar-refractivity contribution is 5.90. The molecule has 2 heterocycles. The van der Waals surface area contributed by atoms with Gasteiger partial charge in [0.1, 0.15) is 5.82 Å². The van der Waals surface area contributed by atoms with Crippen molar-refractivity contribution in [1.82, 2.24) is 15.0 Å². The number of ether oxygens (including phenoxy) is 1. The van der Waals surface area contributed by atoms with E-state index in [1.165, 1.54) is 0 Å². The minimum Gasteiger partial charge on any atom is -0.461 e. The van der Waals surface area contributed by atoms with Gasteiger partial charge in [-0.05, 0) is 38.1 Å². The number of carbonyl (C=O) groups is 1. The summed E-state index contributed by atoms with van der Waals surface area (Å²) in [6.45, 7) is 3.92. The number of hydrogen-bond donors (Lipinski definition) is 1. The maximum Gasteiger partial charge on any atom is 0.358 e. The van der Waals surface area contributed by atoms with Crippen molar-refractivity contribution < 1.29 is 9.53 Å². The van der Waals surface area contributed by atoms with E-state index in [2.05, 4.69) is 15.0 Å². The van der Waals surface area contributed by atoms with Gasteiger partial charge in [-0.3, -0.25) is 4.98 Å². The van der Waals surface area contributed by atoms with E-state index >= 15 is 0 Å². The van der Waals surface area contributed by atoms with E-state index in [-0.39, 0.29) is 0 Å². The van der Waals surface area contributed by atoms with Gasteiger partial charge in [-0.25, -0.2) is 9.78 Å². The number of nitrogens with zero attached hydrogens (tertiary/aromatic N) is 2. The SMILES string of the molecule is CCOC(=O)c1nc(-c2ccc3ncccc3c2)[nH]c1C. The van der Waals surface area contributed by atoms with E-state index in [1.807, 2.05) is 37.3 Å². The molecule has 0 aliphatic heterocycles. The van der Waals surface area contributed by atoms with Gasteiger partial charge in [-0.15, -0.1) is 0 Å². The first-order valence-corrected chi connectivity index (χ1v) is 6.78. The summed E-state index contributed by atoms with van der Waals surface area (Å²) in [5, 5.41) is 1.03. The Balaban J connectivity index is 2.02. The number of H-pyrrole nitrogens is 1. The van der Waals surface area contributed by atoms with E-state index in [4.69, 9.17) is 4.74 Å². The molecule has 0 aliphatic carbocycles. The van der Waals surface area contributed by atoms with Gasteiger partial charge in [0.15, 0.2) is 5.69 Å². The van der Waals surface area contributed by atoms with Crippen molar-refractivity contribution in [3.05, 3.63) is 47.9 Å². The number of aromatic amines is 1. The largest absolute Gasteiger partial charge is 0.461 e. The van der Waals surface area contributed by atoms with Crippen molar-refractivity contribution >= 4 is 16.9 Å². The molecule has 0 fully saturated rings. The van der Waals surface area contributed by atoms with Gasteiger partial charge in [-0.1, -0.05) is 6.07 Å². The number of esters is 1. The molecule has 3 aromatic rings. The molecular weight excluding hydrogens is 266 g/mol. The molecule has 21 heavy (non-hydrogen) atoms. The lowest BCUT2D eigenvalue weighted by atomic mass is 10.1. The number of nitrogens with one attached hydrogen (secondary N) is 1. The summed E-state index contributed by atoms with van der Waals surface area (Å²) in [4.78, 5) is 23.6. The fourth-order valence-electron chi connectivity index (χ4n) is 2.22. The van der Waals surface area contributed by atoms with E-state index in [1.54, 1.807) is 13.1 Å². The number of pyridine rings is 1. The van der Waals surface area contributed by atoms with Crippen molar-refractivity contribution in [2.45, 2.75) is 13.8 Å². The summed E-state index contributed by atoms with van der Waals surface area (Å²) in [5.74, 6) is 0.251. The highest BCUT2D eigenvalue weighted by atomic mass is 16.5. The molecule has 5 heteroatoms. The predicted octanol–water partition coefficient (Wildman–Crippen LogP) is 3.11. The smallest absolute Gasteiger partial charge is 0.358 e. The summed E-state index contributed by atoms with van der Waals surface area (Å²) in [7, 11) is 0. The van der Waals surface area contributed by atoms with Crippen LogP contribution in [-0.2, 0) is 4.74 Å². The van der Waals surface area contributed by atoms with Gasteiger partial charge < -0.3 is 9.72 Å². The van der Waals surface area contributed by atoms with Gasteiger partial charge in [0.25, 0.3) is 0 Å². The second-order valence-electron chi connectivity index (χ2n) is 4.69. The molecule has 0 saturated carbocycles. The molecule has 2 aromatic heterocycles. The molecule has 0 amide bonds. The van der Waals surface area contributed by atoms with E-state index in [9.17, 15) is 4.79 Å². The molecule has 0 unspecified atom stereocenters. The monoisotopic (exact) mass is 281 g/mol. The Labute approximate surface area is 122 Å². The summed E-state index contributed by atoms with van der Waals surface area (Å²) < 4.78 is 5.00. The lowest BCUT2D eigenvalue weighted by molar-refractivity contribution is 0.0519. The van der Waals surface area contributed by atoms with E-state index in [0.717, 1.165) is 16.5 Å². The molecule has 3 rings (SSSR count). The molecule has 0 radical (unpaired) electrons. The van der Waals surface area contributed by atoms with Crippen LogP contribution in [0.15, 0.2) is 36.5 Å². The van der Waals surface area contributed by atoms with Crippen molar-refractivity contribution in [3.63, 3.8) is 0 Å². The number of benzene rings is 1. The Morgan fingerprint density at radius 3 is 3.00 bits per heavy atom. The van der Waals surface area contributed by atoms with Gasteiger partial charge in [0.2, 0.25) is 0 Å². The lowest BCUT2D eigenvalue weighted by Crippen LogP contribution is -2.06. The third-order valence-electron chi connectivity index (χ3n) is 3.23. The Bertz CT molecular complexity index is 808. The Morgan fingerprint density at radius 2 is 2.19 bits per heavy atom. The molecule has 1 N–H and O–H groups in total. The van der Waals surface area contributed by atoms with Crippen LogP contribution in [-0.4, -0.2) is 27.5 Å². The Morgan fingerprint density at radius 1 is 1.33 bits per heavy atom. The van der Waals surface area contributed by atoms with Crippen molar-refractivity contribution in [1.29, 1.82) is 0 Å². The number of carbonyl (C=O) groups excluding carboxylic acids is 1. The van der Waals surface area contributed by atoms with Crippen molar-refractivity contribution in [2.75, 3.05) is 6.61 Å². The minimum absolute atomic E-state index is 0.332. The van der Waals surface area contributed by atoms with Crippen LogP contribution in [0.5, 0.6) is 0 Å². The van der Waals surface area contributed by atoms with Gasteiger partial charge in [-0.2, -0.15) is 0 Å². The van der Waals surface area contributed by atoms with Gasteiger partial charge >= 0.3 is 5.97 Å². The molecule has 0 saturated heterocycles. The first-order chi connectivity index (χ1) is 10.2. The van der Waals surface area contributed by atoms with Crippen LogP contribution in [0.3, 0.4) is 0 Å². The van der Waals surface area contributed by atoms with Crippen LogP contribution >= 0.6 is 0 Å². The summed E-state index contributed by atoms with van der Waals surface area (Å²) in [5.41, 5.74) is 2.87. The number of aromatic nitrogens is 3. The van der Waals surface area contributed by atoms with Crippen LogP contribution < -0.4 is 0 Å². The first kappa shape index (κ1) is 13.3. The fraction of sp³-hybridized carbons (Fsp3) is 0.188. The van der Waals surface area contributed by atoms with E-state index in [0.29, 0.717) is 23.8 Å². The van der Waals surface area contributed by atoms with Crippen molar-refractivity contribution in [3.8, 4) is 11.4 Å². The molecule has 0 bridgehead atoms. The van der Waals surface area contributed by atoms with Crippen LogP contribution in [0.2, 0.25) is 0 Å². The number of imidazole rings is 1. The average Bonchev–Trinajstić information content (AvgIpc) is 2.89. The molecule has 0 spiro atoms. The quantitative estimate of drug-likeness (QED) is 0.749. The zero-order valence-corrected chi connectivity index (χ0v) is 11.9. The first-order valence-electron chi connectivity index (χ1n) is 6.78. The van der Waals surface area contributed by atoms with Crippen LogP contribution in [0.25, 0.3) is 22.3 Å². The van der Waals surface area contributed by atoms with Crippen LogP contribution in [0.4, 0.5) is 0 Å². The molecule has 0 atom stereocenters. The van der Waals surface area contributed by atoms with Crippen LogP contribution in [0.1, 0.15) is 23.1 Å². The second kappa shape index (κ2) is 5.36. The number of hydrogen-bond acceptors (Lipinski definition) is 4. The summed E-state index contributed by atoms with van der Waals surface area (Å²) >= 11 is 0. The molecular formula is C16H15N3O2. The Kier molecular flexibility index (Phi) is 3.39. The molecule has 106 valence electrons. The fourth-order valence-corrected chi connectivity index (χ4v) is 2.22. The highest BCUT2D eigenvalue weighted by Gasteiger charge is 2.16. The van der Waals surface area contributed by atoms with Gasteiger partial charge in [0, 0.05) is 22.8 Å². The maximum absolute atomic E-state index is 11.8. The number of aryl methyl sites for hydroxylation is 1. The number of rotatable bonds is 3. The zero-order valence-electron chi connectivity index (χ0n) is 11.9. The average molecular weight is 281 g/mol. The zero-order chi connectivity index (χ0) is 14.8. The Hall–Kier alpha value is -2.69.